The first-order chi connectivity index (χ1) is 21.8. The summed E-state index contributed by atoms with van der Waals surface area (Å²) in [6.07, 6.45) is 21.5. The highest BCUT2D eigenvalue weighted by Gasteiger charge is 2.59. The average molecular weight is 628 g/mol. The van der Waals surface area contributed by atoms with Gasteiger partial charge in [0.05, 0.1) is 6.10 Å². The summed E-state index contributed by atoms with van der Waals surface area (Å²) >= 11 is 0. The Bertz CT molecular complexity index is 1030. The van der Waals surface area contributed by atoms with Crippen LogP contribution in [0.5, 0.6) is 5.75 Å². The van der Waals surface area contributed by atoms with Gasteiger partial charge >= 0.3 is 0 Å². The number of carbonyl (C=O) groups is 1. The summed E-state index contributed by atoms with van der Waals surface area (Å²) in [5, 5.41) is 21.2. The number of benzene rings is 1. The number of aliphatic hydroxyl groups excluding tert-OH is 1. The van der Waals surface area contributed by atoms with Crippen molar-refractivity contribution in [3.63, 3.8) is 0 Å². The Kier molecular flexibility index (Phi) is 14.5. The standard InChI is InChI=1S/C40H66FNO3/c1-4-6-8-10-11-12-13-14-15-20-37(45)42(25-17-9-7-5-2)26-18-16-19-30-27-31-28-32(43)21-22-33(31)39-35(41)29-40(3)34(38(30)39)23-24-36(40)44/h21-22,28,30,34-36,38-39,43-44H,4-20,23-27,29H2,1-3H3/t30-,34?,35+,36+,38?,39?,40+/m1/s1. The van der Waals surface area contributed by atoms with E-state index in [-0.39, 0.29) is 23.0 Å². The molecule has 1 aromatic rings. The molecule has 256 valence electrons. The van der Waals surface area contributed by atoms with E-state index in [4.69, 9.17) is 0 Å². The minimum absolute atomic E-state index is 0.143. The van der Waals surface area contributed by atoms with Crippen LogP contribution in [0.3, 0.4) is 0 Å². The molecule has 0 spiro atoms. The zero-order chi connectivity index (χ0) is 32.2. The molecule has 5 heteroatoms. The van der Waals surface area contributed by atoms with Crippen LogP contribution < -0.4 is 0 Å². The highest BCUT2D eigenvalue weighted by atomic mass is 19.1. The van der Waals surface area contributed by atoms with Crippen LogP contribution in [0, 0.1) is 23.2 Å². The van der Waals surface area contributed by atoms with Crippen molar-refractivity contribution in [3.05, 3.63) is 29.3 Å². The summed E-state index contributed by atoms with van der Waals surface area (Å²) in [6, 6.07) is 5.56. The number of rotatable bonds is 20. The number of amides is 1. The number of phenolic OH excluding ortho intramolecular Hbond substituents is 1. The largest absolute Gasteiger partial charge is 0.508 e. The molecule has 2 fully saturated rings. The number of fused-ring (bicyclic) bond motifs is 5. The summed E-state index contributed by atoms with van der Waals surface area (Å²) < 4.78 is 16.1. The van der Waals surface area contributed by atoms with E-state index in [9.17, 15) is 15.0 Å². The predicted molar refractivity (Wildman–Crippen MR) is 184 cm³/mol. The molecule has 0 saturated heterocycles. The number of halogens is 1. The number of aliphatic hydroxyl groups is 1. The van der Waals surface area contributed by atoms with E-state index < -0.39 is 12.3 Å². The van der Waals surface area contributed by atoms with E-state index in [0.29, 0.717) is 30.6 Å². The highest BCUT2D eigenvalue weighted by Crippen LogP contribution is 2.63. The van der Waals surface area contributed by atoms with E-state index >= 15 is 4.39 Å². The van der Waals surface area contributed by atoms with Gasteiger partial charge in [-0.15, -0.1) is 0 Å². The molecule has 4 rings (SSSR count). The number of aromatic hydroxyl groups is 1. The van der Waals surface area contributed by atoms with Crippen molar-refractivity contribution < 1.29 is 19.4 Å². The molecule has 0 aromatic heterocycles. The smallest absolute Gasteiger partial charge is 0.222 e. The minimum Gasteiger partial charge on any atom is -0.508 e. The number of nitrogens with zero attached hydrogens (tertiary/aromatic N) is 1. The third-order valence-corrected chi connectivity index (χ3v) is 12.2. The minimum atomic E-state index is -0.965. The van der Waals surface area contributed by atoms with Crippen molar-refractivity contribution >= 4 is 5.91 Å². The van der Waals surface area contributed by atoms with E-state index in [1.165, 1.54) is 64.2 Å². The molecule has 0 heterocycles. The fourth-order valence-corrected chi connectivity index (χ4v) is 9.58. The predicted octanol–water partition coefficient (Wildman–Crippen LogP) is 10.3. The lowest BCUT2D eigenvalue weighted by atomic mass is 9.51. The van der Waals surface area contributed by atoms with Gasteiger partial charge < -0.3 is 15.1 Å². The van der Waals surface area contributed by atoms with Crippen LogP contribution in [0.1, 0.15) is 166 Å². The fraction of sp³-hybridized carbons (Fsp3) is 0.825. The van der Waals surface area contributed by atoms with E-state index in [0.717, 1.165) is 82.0 Å². The Morgan fingerprint density at radius 1 is 0.889 bits per heavy atom. The average Bonchev–Trinajstić information content (AvgIpc) is 3.31. The topological polar surface area (TPSA) is 60.8 Å². The molecular weight excluding hydrogens is 561 g/mol. The van der Waals surface area contributed by atoms with Gasteiger partial charge in [-0.2, -0.15) is 0 Å². The second kappa shape index (κ2) is 18.1. The summed E-state index contributed by atoms with van der Waals surface area (Å²) in [4.78, 5) is 15.5. The zero-order valence-electron chi connectivity index (χ0n) is 29.1. The maximum Gasteiger partial charge on any atom is 0.222 e. The number of phenols is 1. The van der Waals surface area contributed by atoms with Crippen molar-refractivity contribution in [2.24, 2.45) is 23.2 Å². The van der Waals surface area contributed by atoms with E-state index in [1.54, 1.807) is 6.07 Å². The third kappa shape index (κ3) is 9.48. The zero-order valence-corrected chi connectivity index (χ0v) is 29.1. The molecule has 0 aliphatic heterocycles. The van der Waals surface area contributed by atoms with Gasteiger partial charge in [-0.3, -0.25) is 4.79 Å². The lowest BCUT2D eigenvalue weighted by Crippen LogP contribution is -2.51. The Morgan fingerprint density at radius 3 is 2.20 bits per heavy atom. The number of carbonyl (C=O) groups excluding carboxylic acids is 1. The second-order valence-electron chi connectivity index (χ2n) is 15.4. The summed E-state index contributed by atoms with van der Waals surface area (Å²) in [6.45, 7) is 8.33. The number of hydrogen-bond donors (Lipinski definition) is 2. The van der Waals surface area contributed by atoms with Crippen molar-refractivity contribution in [2.45, 2.75) is 174 Å². The van der Waals surface area contributed by atoms with Gasteiger partial charge in [-0.1, -0.05) is 104 Å². The summed E-state index contributed by atoms with van der Waals surface area (Å²) in [5.41, 5.74) is 1.86. The SMILES string of the molecule is CCCCCCCCCCCC(=O)N(CCCCCC)CCCC[C@@H]1Cc2cc(O)ccc2C2C1C1CC[C@H](O)[C@@]1(C)C[C@@H]2F. The summed E-state index contributed by atoms with van der Waals surface area (Å²) in [7, 11) is 0. The number of unbranched alkanes of at least 4 members (excludes halogenated alkanes) is 12. The first kappa shape index (κ1) is 36.2. The molecule has 2 saturated carbocycles. The van der Waals surface area contributed by atoms with Crippen molar-refractivity contribution in [3.8, 4) is 5.75 Å². The molecule has 1 aromatic carbocycles. The van der Waals surface area contributed by atoms with Gasteiger partial charge in [0, 0.05) is 25.4 Å². The van der Waals surface area contributed by atoms with Crippen LogP contribution in [0.25, 0.3) is 0 Å². The van der Waals surface area contributed by atoms with Gasteiger partial charge in [0.2, 0.25) is 5.91 Å². The van der Waals surface area contributed by atoms with Crippen molar-refractivity contribution in [1.82, 2.24) is 4.90 Å². The highest BCUT2D eigenvalue weighted by molar-refractivity contribution is 5.76. The van der Waals surface area contributed by atoms with Crippen molar-refractivity contribution in [1.29, 1.82) is 0 Å². The molecule has 2 N–H and O–H groups in total. The van der Waals surface area contributed by atoms with Gasteiger partial charge in [0.15, 0.2) is 0 Å². The van der Waals surface area contributed by atoms with Crippen LogP contribution in [0.15, 0.2) is 18.2 Å². The fourth-order valence-electron chi connectivity index (χ4n) is 9.58. The normalized spacial score (nSPS) is 28.8. The Labute approximate surface area is 274 Å². The molecule has 3 aliphatic rings. The Hall–Kier alpha value is -1.62. The molecule has 3 unspecified atom stereocenters. The monoisotopic (exact) mass is 628 g/mol. The van der Waals surface area contributed by atoms with E-state index in [2.05, 4.69) is 25.7 Å². The van der Waals surface area contributed by atoms with Crippen molar-refractivity contribution in [2.75, 3.05) is 13.1 Å². The van der Waals surface area contributed by atoms with E-state index in [1.807, 2.05) is 12.1 Å². The maximum atomic E-state index is 16.1. The molecule has 0 bridgehead atoms. The lowest BCUT2D eigenvalue weighted by molar-refractivity contribution is -0.131. The van der Waals surface area contributed by atoms with Gasteiger partial charge in [-0.05, 0) is 97.8 Å². The van der Waals surface area contributed by atoms with Crippen LogP contribution in [-0.2, 0) is 11.2 Å². The van der Waals surface area contributed by atoms with Gasteiger partial charge in [-0.25, -0.2) is 4.39 Å². The summed E-state index contributed by atoms with van der Waals surface area (Å²) in [5.74, 6) is 1.36. The molecular formula is C40H66FNO3. The van der Waals surface area contributed by atoms with Gasteiger partial charge in [0.1, 0.15) is 11.9 Å². The molecule has 4 nitrogen and oxygen atoms in total. The number of alkyl halides is 1. The molecule has 0 radical (unpaired) electrons. The molecule has 1 amide bonds. The first-order valence-corrected chi connectivity index (χ1v) is 19.2. The quantitative estimate of drug-likeness (QED) is 0.141. The molecule has 3 aliphatic carbocycles. The van der Waals surface area contributed by atoms with Crippen LogP contribution in [0.4, 0.5) is 4.39 Å². The maximum absolute atomic E-state index is 16.1. The van der Waals surface area contributed by atoms with Gasteiger partial charge in [0.25, 0.3) is 0 Å². The lowest BCUT2D eigenvalue weighted by Gasteiger charge is -2.54. The molecule has 7 atom stereocenters. The first-order valence-electron chi connectivity index (χ1n) is 19.2. The van der Waals surface area contributed by atoms with Crippen LogP contribution in [-0.4, -0.2) is 46.4 Å². The second-order valence-corrected chi connectivity index (χ2v) is 15.4. The Balaban J connectivity index is 1.31. The van der Waals surface area contributed by atoms with Crippen LogP contribution in [0.2, 0.25) is 0 Å². The molecule has 45 heavy (non-hydrogen) atoms. The Morgan fingerprint density at radius 2 is 1.51 bits per heavy atom. The third-order valence-electron chi connectivity index (χ3n) is 12.2. The number of hydrogen-bond acceptors (Lipinski definition) is 3. The van der Waals surface area contributed by atoms with Crippen LogP contribution >= 0.6 is 0 Å².